The number of H-pyrrole nitrogens is 1. The number of allylic oxidation sites excluding steroid dienone is 2. The third-order valence-corrected chi connectivity index (χ3v) is 5.97. The highest BCUT2D eigenvalue weighted by Crippen LogP contribution is 2.52. The highest BCUT2D eigenvalue weighted by Gasteiger charge is 2.47. The van der Waals surface area contributed by atoms with Crippen molar-refractivity contribution in [3.8, 4) is 11.4 Å². The summed E-state index contributed by atoms with van der Waals surface area (Å²) in [7, 11) is 0. The van der Waals surface area contributed by atoms with Gasteiger partial charge in [0.15, 0.2) is 0 Å². The maximum absolute atomic E-state index is 13.6. The van der Waals surface area contributed by atoms with Gasteiger partial charge in [0.1, 0.15) is 0 Å². The lowest BCUT2D eigenvalue weighted by molar-refractivity contribution is -0.138. The molecule has 152 valence electrons. The molecule has 2 aliphatic rings. The Morgan fingerprint density at radius 1 is 1.13 bits per heavy atom. The Kier molecular flexibility index (Phi) is 4.06. The molecule has 8 heteroatoms. The first-order valence-electron chi connectivity index (χ1n) is 9.54. The van der Waals surface area contributed by atoms with E-state index in [9.17, 15) is 13.2 Å². The summed E-state index contributed by atoms with van der Waals surface area (Å²) in [4.78, 5) is 2.05. The van der Waals surface area contributed by atoms with E-state index in [1.807, 2.05) is 30.4 Å². The molecule has 2 heterocycles. The number of nitrogens with one attached hydrogen (secondary N) is 1. The summed E-state index contributed by atoms with van der Waals surface area (Å²) in [5.41, 5.74) is 1.92. The fraction of sp³-hybridized carbons (Fsp3) is 0.227. The molecule has 0 saturated heterocycles. The Labute approximate surface area is 170 Å². The summed E-state index contributed by atoms with van der Waals surface area (Å²) in [5.74, 6) is 0.484. The number of fused-ring (bicyclic) bond motifs is 3. The van der Waals surface area contributed by atoms with Gasteiger partial charge >= 0.3 is 6.18 Å². The van der Waals surface area contributed by atoms with Crippen molar-refractivity contribution in [2.24, 2.45) is 0 Å². The fourth-order valence-electron chi connectivity index (χ4n) is 4.49. The maximum atomic E-state index is 13.6. The van der Waals surface area contributed by atoms with Gasteiger partial charge in [-0.2, -0.15) is 18.4 Å². The van der Waals surface area contributed by atoms with E-state index in [0.29, 0.717) is 5.82 Å². The first kappa shape index (κ1) is 18.6. The quantitative estimate of drug-likeness (QED) is 0.670. The van der Waals surface area contributed by atoms with Gasteiger partial charge < -0.3 is 4.90 Å². The van der Waals surface area contributed by atoms with Crippen LogP contribution in [0.25, 0.3) is 11.4 Å². The van der Waals surface area contributed by atoms with Gasteiger partial charge in [0.05, 0.1) is 11.1 Å². The molecule has 3 aromatic rings. The van der Waals surface area contributed by atoms with Gasteiger partial charge in [0, 0.05) is 23.7 Å². The first-order valence-corrected chi connectivity index (χ1v) is 9.54. The minimum absolute atomic E-state index is 0.00222. The van der Waals surface area contributed by atoms with Crippen molar-refractivity contribution in [1.82, 2.24) is 20.6 Å². The topological polar surface area (TPSA) is 57.7 Å². The zero-order valence-corrected chi connectivity index (χ0v) is 16.1. The molecule has 5 rings (SSSR count). The summed E-state index contributed by atoms with van der Waals surface area (Å²) in [6.07, 6.45) is 3.68. The molecule has 0 bridgehead atoms. The number of aromatic nitrogens is 4. The van der Waals surface area contributed by atoms with E-state index >= 15 is 0 Å². The Morgan fingerprint density at radius 2 is 1.97 bits per heavy atom. The number of alkyl halides is 3. The monoisotopic (exact) mass is 409 g/mol. The number of hydrogen-bond donors (Lipinski definition) is 1. The van der Waals surface area contributed by atoms with Gasteiger partial charge in [-0.3, -0.25) is 0 Å². The van der Waals surface area contributed by atoms with Crippen LogP contribution in [-0.4, -0.2) is 26.2 Å². The summed E-state index contributed by atoms with van der Waals surface area (Å²) < 4.78 is 40.8. The Hall–Kier alpha value is -3.42. The van der Waals surface area contributed by atoms with Crippen LogP contribution < -0.4 is 4.90 Å². The number of hydrogen-bond acceptors (Lipinski definition) is 4. The number of anilines is 1. The molecule has 0 spiro atoms. The minimum Gasteiger partial charge on any atom is -0.357 e. The van der Waals surface area contributed by atoms with E-state index in [0.717, 1.165) is 22.9 Å². The van der Waals surface area contributed by atoms with Crippen LogP contribution in [0.4, 0.5) is 18.9 Å². The van der Waals surface area contributed by atoms with Gasteiger partial charge in [0.2, 0.25) is 5.82 Å². The smallest absolute Gasteiger partial charge is 0.357 e. The summed E-state index contributed by atoms with van der Waals surface area (Å²) in [5, 5.41) is 14.1. The van der Waals surface area contributed by atoms with E-state index in [2.05, 4.69) is 44.6 Å². The summed E-state index contributed by atoms with van der Waals surface area (Å²) in [6, 6.07) is 11.6. The SMILES string of the molecule is CC12C=CC=CC1c1cc(-c3nn[nH]n3)ccc1N2Cc1ccccc1C(F)(F)F. The average Bonchev–Trinajstić information content (AvgIpc) is 3.33. The van der Waals surface area contributed by atoms with Crippen LogP contribution in [0.2, 0.25) is 0 Å². The second-order valence-electron chi connectivity index (χ2n) is 7.70. The number of nitrogens with zero attached hydrogens (tertiary/aromatic N) is 4. The van der Waals surface area contributed by atoms with Gasteiger partial charge in [-0.25, -0.2) is 0 Å². The number of benzene rings is 2. The normalized spacial score (nSPS) is 22.3. The van der Waals surface area contributed by atoms with E-state index in [1.54, 1.807) is 12.1 Å². The summed E-state index contributed by atoms with van der Waals surface area (Å²) in [6.45, 7) is 2.21. The van der Waals surface area contributed by atoms with Crippen LogP contribution in [0.5, 0.6) is 0 Å². The van der Waals surface area contributed by atoms with Crippen molar-refractivity contribution in [3.63, 3.8) is 0 Å². The van der Waals surface area contributed by atoms with E-state index in [1.165, 1.54) is 6.07 Å². The fourth-order valence-corrected chi connectivity index (χ4v) is 4.49. The molecule has 1 N–H and O–H groups in total. The number of rotatable bonds is 3. The van der Waals surface area contributed by atoms with E-state index < -0.39 is 17.3 Å². The minimum atomic E-state index is -4.40. The number of aromatic amines is 1. The molecule has 0 amide bonds. The molecule has 2 aromatic carbocycles. The molecule has 1 aliphatic carbocycles. The highest BCUT2D eigenvalue weighted by molar-refractivity contribution is 5.73. The molecule has 1 aliphatic heterocycles. The van der Waals surface area contributed by atoms with Gasteiger partial charge in [-0.05, 0) is 47.5 Å². The van der Waals surface area contributed by atoms with Crippen molar-refractivity contribution in [1.29, 1.82) is 0 Å². The zero-order chi connectivity index (χ0) is 20.9. The van der Waals surface area contributed by atoms with Crippen molar-refractivity contribution in [2.75, 3.05) is 4.90 Å². The standard InChI is InChI=1S/C22H18F3N5/c1-21-11-5-4-8-18(21)16-12-14(20-26-28-29-27-20)9-10-19(16)30(21)13-15-6-2-3-7-17(15)22(23,24)25/h2-12,18H,13H2,1H3,(H,26,27,28,29). The van der Waals surface area contributed by atoms with Crippen LogP contribution in [0.1, 0.15) is 29.5 Å². The molecule has 0 radical (unpaired) electrons. The van der Waals surface area contributed by atoms with Crippen molar-refractivity contribution < 1.29 is 13.2 Å². The maximum Gasteiger partial charge on any atom is 0.416 e. The second kappa shape index (κ2) is 6.55. The first-order chi connectivity index (χ1) is 14.4. The second-order valence-corrected chi connectivity index (χ2v) is 7.70. The third-order valence-electron chi connectivity index (χ3n) is 5.97. The van der Waals surface area contributed by atoms with Crippen LogP contribution in [0.15, 0.2) is 66.8 Å². The molecular formula is C22H18F3N5. The molecule has 2 atom stereocenters. The predicted octanol–water partition coefficient (Wildman–Crippen LogP) is 4.87. The van der Waals surface area contributed by atoms with Crippen molar-refractivity contribution in [2.45, 2.75) is 31.1 Å². The van der Waals surface area contributed by atoms with E-state index in [-0.39, 0.29) is 18.0 Å². The summed E-state index contributed by atoms with van der Waals surface area (Å²) >= 11 is 0. The number of halogens is 3. The lowest BCUT2D eigenvalue weighted by Crippen LogP contribution is -2.44. The molecule has 2 unspecified atom stereocenters. The molecule has 5 nitrogen and oxygen atoms in total. The Balaban J connectivity index is 1.62. The van der Waals surface area contributed by atoms with Gasteiger partial charge in [-0.1, -0.05) is 42.5 Å². The van der Waals surface area contributed by atoms with Gasteiger partial charge in [-0.15, -0.1) is 10.2 Å². The predicted molar refractivity (Wildman–Crippen MR) is 107 cm³/mol. The van der Waals surface area contributed by atoms with E-state index in [4.69, 9.17) is 0 Å². The molecule has 1 aromatic heterocycles. The van der Waals surface area contributed by atoms with Crippen LogP contribution in [0.3, 0.4) is 0 Å². The van der Waals surface area contributed by atoms with Gasteiger partial charge in [0.25, 0.3) is 0 Å². The number of tetrazole rings is 1. The lowest BCUT2D eigenvalue weighted by Gasteiger charge is -2.39. The van der Waals surface area contributed by atoms with Crippen molar-refractivity contribution >= 4 is 5.69 Å². The van der Waals surface area contributed by atoms with Crippen LogP contribution in [-0.2, 0) is 12.7 Å². The average molecular weight is 409 g/mol. The molecule has 0 saturated carbocycles. The largest absolute Gasteiger partial charge is 0.416 e. The van der Waals surface area contributed by atoms with Crippen molar-refractivity contribution in [3.05, 3.63) is 83.5 Å². The highest BCUT2D eigenvalue weighted by atomic mass is 19.4. The van der Waals surface area contributed by atoms with Crippen LogP contribution in [0, 0.1) is 0 Å². The molecular weight excluding hydrogens is 391 g/mol. The Bertz CT molecular complexity index is 1150. The third kappa shape index (κ3) is 2.82. The molecule has 0 fully saturated rings. The zero-order valence-electron chi connectivity index (χ0n) is 16.1. The molecule has 30 heavy (non-hydrogen) atoms. The Morgan fingerprint density at radius 3 is 2.73 bits per heavy atom. The van der Waals surface area contributed by atoms with Crippen LogP contribution >= 0.6 is 0 Å². The lowest BCUT2D eigenvalue weighted by atomic mass is 9.80.